The number of carboxylic acids is 1. The molecule has 5 heteroatoms. The number of rotatable bonds is 5. The van der Waals surface area contributed by atoms with Crippen LogP contribution in [0, 0.1) is 0 Å². The predicted octanol–water partition coefficient (Wildman–Crippen LogP) is 2.18. The summed E-state index contributed by atoms with van der Waals surface area (Å²) in [5, 5.41) is 8.84. The average Bonchev–Trinajstić information content (AvgIpc) is 2.19. The molecule has 0 bridgehead atoms. The fraction of sp³-hybridized carbons (Fsp3) is 0.364. The molecule has 3 nitrogen and oxygen atoms in total. The van der Waals surface area contributed by atoms with Gasteiger partial charge in [0.15, 0.2) is 0 Å². The van der Waals surface area contributed by atoms with Crippen molar-refractivity contribution in [2.24, 2.45) is 0 Å². The van der Waals surface area contributed by atoms with E-state index in [9.17, 15) is 4.79 Å². The van der Waals surface area contributed by atoms with Gasteiger partial charge in [0.25, 0.3) is 0 Å². The van der Waals surface area contributed by atoms with Gasteiger partial charge in [0, 0.05) is 34.7 Å². The molecule has 0 unspecified atom stereocenters. The molecule has 0 aliphatic carbocycles. The number of hydrogen-bond donors (Lipinski definition) is 1. The molecule has 0 heterocycles. The summed E-state index contributed by atoms with van der Waals surface area (Å²) >= 11 is 0. The first-order valence-electron chi connectivity index (χ1n) is 4.70. The maximum atomic E-state index is 10.8. The molecule has 0 saturated carbocycles. The molecule has 0 aliphatic rings. The minimum atomic E-state index is -0.947. The average molecular weight is 273 g/mol. The number of hydrogen-bond acceptors (Lipinski definition) is 2. The molecule has 0 atom stereocenters. The third kappa shape index (κ3) is 5.59. The number of aromatic carboxylic acids is 1. The molecule has 0 saturated heterocycles. The normalized spacial score (nSPS) is 8.56. The Bertz CT molecular complexity index is 318. The molecule has 1 aromatic carbocycles. The quantitative estimate of drug-likeness (QED) is 0.660. The topological polar surface area (TPSA) is 46.5 Å². The van der Waals surface area contributed by atoms with E-state index in [2.05, 4.69) is 6.92 Å². The zero-order valence-corrected chi connectivity index (χ0v) is 11.6. The van der Waals surface area contributed by atoms with Crippen molar-refractivity contribution in [1.82, 2.24) is 0 Å². The van der Waals surface area contributed by atoms with Crippen molar-refractivity contribution < 1.29 is 32.0 Å². The van der Waals surface area contributed by atoms with Crippen LogP contribution in [0.2, 0.25) is 0 Å². The van der Waals surface area contributed by atoms with Crippen molar-refractivity contribution >= 4 is 23.3 Å². The van der Waals surface area contributed by atoms with E-state index in [1.165, 1.54) is 0 Å². The van der Waals surface area contributed by atoms with Gasteiger partial charge in [-0.25, -0.2) is 4.79 Å². The smallest absolute Gasteiger partial charge is 0.339 e. The van der Waals surface area contributed by atoms with Gasteiger partial charge >= 0.3 is 5.97 Å². The van der Waals surface area contributed by atoms with Crippen molar-refractivity contribution in [3.8, 4) is 5.75 Å². The minimum Gasteiger partial charge on any atom is -0.493 e. The zero-order chi connectivity index (χ0) is 10.4. The zero-order valence-electron chi connectivity index (χ0n) is 9.18. The van der Waals surface area contributed by atoms with Gasteiger partial charge in [0.2, 0.25) is 0 Å². The SMILES string of the molecule is CCCCOc1ccccc1C(=O)O.[Al].[Cr]. The number of ether oxygens (including phenoxy) is 1. The van der Waals surface area contributed by atoms with Gasteiger partial charge in [-0.3, -0.25) is 0 Å². The Labute approximate surface area is 117 Å². The first-order valence-corrected chi connectivity index (χ1v) is 4.70. The molecule has 16 heavy (non-hydrogen) atoms. The molecule has 0 aromatic heterocycles. The molecule has 1 rings (SSSR count). The van der Waals surface area contributed by atoms with Gasteiger partial charge < -0.3 is 9.84 Å². The monoisotopic (exact) mass is 273 g/mol. The van der Waals surface area contributed by atoms with Crippen molar-refractivity contribution in [3.05, 3.63) is 29.8 Å². The minimum absolute atomic E-state index is 0. The van der Waals surface area contributed by atoms with E-state index < -0.39 is 5.97 Å². The number of benzene rings is 1. The van der Waals surface area contributed by atoms with E-state index in [0.29, 0.717) is 12.4 Å². The molecule has 0 amide bonds. The Hall–Kier alpha value is -0.445. The van der Waals surface area contributed by atoms with Crippen LogP contribution in [-0.2, 0) is 17.4 Å². The van der Waals surface area contributed by atoms with E-state index in [1.54, 1.807) is 24.3 Å². The van der Waals surface area contributed by atoms with Crippen LogP contribution in [0.1, 0.15) is 30.1 Å². The molecule has 3 radical (unpaired) electrons. The summed E-state index contributed by atoms with van der Waals surface area (Å²) in [6, 6.07) is 6.69. The third-order valence-electron chi connectivity index (χ3n) is 1.87. The molecule has 0 aliphatic heterocycles. The van der Waals surface area contributed by atoms with E-state index in [-0.39, 0.29) is 40.3 Å². The third-order valence-corrected chi connectivity index (χ3v) is 1.87. The van der Waals surface area contributed by atoms with E-state index >= 15 is 0 Å². The van der Waals surface area contributed by atoms with Crippen LogP contribution in [0.4, 0.5) is 0 Å². The van der Waals surface area contributed by atoms with Crippen LogP contribution in [0.3, 0.4) is 0 Å². The van der Waals surface area contributed by atoms with E-state index in [4.69, 9.17) is 9.84 Å². The Morgan fingerprint density at radius 2 is 2.00 bits per heavy atom. The Kier molecular flexibility index (Phi) is 10.9. The van der Waals surface area contributed by atoms with E-state index in [1.807, 2.05) is 0 Å². The van der Waals surface area contributed by atoms with Crippen molar-refractivity contribution in [3.63, 3.8) is 0 Å². The van der Waals surface area contributed by atoms with Gasteiger partial charge in [-0.2, -0.15) is 0 Å². The fourth-order valence-corrected chi connectivity index (χ4v) is 1.10. The van der Waals surface area contributed by atoms with Gasteiger partial charge in [-0.1, -0.05) is 25.5 Å². The number of carboxylic acid groups (broad SMARTS) is 1. The fourth-order valence-electron chi connectivity index (χ4n) is 1.10. The number of unbranched alkanes of at least 4 members (excludes halogenated alkanes) is 1. The summed E-state index contributed by atoms with van der Waals surface area (Å²) in [5.41, 5.74) is 0.226. The standard InChI is InChI=1S/C11H14O3.Al.Cr/c1-2-3-8-14-10-7-5-4-6-9(10)11(12)13;;/h4-7H,2-3,8H2,1H3,(H,12,13);;. The summed E-state index contributed by atoms with van der Waals surface area (Å²) in [6.45, 7) is 2.63. The summed E-state index contributed by atoms with van der Waals surface area (Å²) in [7, 11) is 0. The first-order chi connectivity index (χ1) is 6.75. The van der Waals surface area contributed by atoms with Crippen LogP contribution in [0.25, 0.3) is 0 Å². The van der Waals surface area contributed by atoms with Crippen molar-refractivity contribution in [2.75, 3.05) is 6.61 Å². The molecule has 1 N–H and O–H groups in total. The summed E-state index contributed by atoms with van der Waals surface area (Å²) in [4.78, 5) is 10.8. The van der Waals surface area contributed by atoms with Crippen LogP contribution in [0.5, 0.6) is 5.75 Å². The number of carbonyl (C=O) groups is 1. The summed E-state index contributed by atoms with van der Waals surface area (Å²) < 4.78 is 5.36. The second-order valence-electron chi connectivity index (χ2n) is 3.00. The Morgan fingerprint density at radius 1 is 1.38 bits per heavy atom. The van der Waals surface area contributed by atoms with Crippen LogP contribution >= 0.6 is 0 Å². The Balaban J connectivity index is 0. The molecule has 85 valence electrons. The van der Waals surface area contributed by atoms with Crippen LogP contribution in [0.15, 0.2) is 24.3 Å². The maximum absolute atomic E-state index is 10.8. The number of para-hydroxylation sites is 1. The van der Waals surface area contributed by atoms with Gasteiger partial charge in [0.1, 0.15) is 11.3 Å². The van der Waals surface area contributed by atoms with Gasteiger partial charge in [-0.05, 0) is 18.6 Å². The molecule has 1 aromatic rings. The maximum Gasteiger partial charge on any atom is 0.339 e. The van der Waals surface area contributed by atoms with E-state index in [0.717, 1.165) is 12.8 Å². The Morgan fingerprint density at radius 3 is 2.56 bits per heavy atom. The second-order valence-corrected chi connectivity index (χ2v) is 3.00. The van der Waals surface area contributed by atoms with Crippen molar-refractivity contribution in [1.29, 1.82) is 0 Å². The van der Waals surface area contributed by atoms with Gasteiger partial charge in [0.05, 0.1) is 6.61 Å². The van der Waals surface area contributed by atoms with Crippen molar-refractivity contribution in [2.45, 2.75) is 19.8 Å². The van der Waals surface area contributed by atoms with Crippen LogP contribution in [-0.4, -0.2) is 35.0 Å². The summed E-state index contributed by atoms with van der Waals surface area (Å²) in [5.74, 6) is -0.495. The largest absolute Gasteiger partial charge is 0.493 e. The molecular formula is C11H14AlCrO3. The van der Waals surface area contributed by atoms with Gasteiger partial charge in [-0.15, -0.1) is 0 Å². The van der Waals surface area contributed by atoms with Crippen LogP contribution < -0.4 is 4.74 Å². The summed E-state index contributed by atoms with van der Waals surface area (Å²) in [6.07, 6.45) is 1.98. The molecule has 0 spiro atoms. The first kappa shape index (κ1) is 17.9. The molecular weight excluding hydrogens is 259 g/mol. The second kappa shape index (κ2) is 9.76. The predicted molar refractivity (Wildman–Crippen MR) is 59.6 cm³/mol. The molecule has 0 fully saturated rings.